The molecule has 2 N–H and O–H groups in total. The Morgan fingerprint density at radius 2 is 2.33 bits per heavy atom. The van der Waals surface area contributed by atoms with Crippen molar-refractivity contribution in [2.24, 2.45) is 5.92 Å². The summed E-state index contributed by atoms with van der Waals surface area (Å²) in [6.45, 7) is 0.961. The van der Waals surface area contributed by atoms with Gasteiger partial charge in [0.05, 0.1) is 18.0 Å². The first-order valence-electron chi connectivity index (χ1n) is 5.32. The zero-order valence-corrected chi connectivity index (χ0v) is 10.2. The summed E-state index contributed by atoms with van der Waals surface area (Å²) in [5.74, 6) is -1.41. The van der Waals surface area contributed by atoms with Crippen LogP contribution in [0.25, 0.3) is 0 Å². The van der Waals surface area contributed by atoms with Gasteiger partial charge in [-0.25, -0.2) is 0 Å². The fraction of sp³-hybridized carbons (Fsp3) is 0.364. The SMILES string of the molecule is N#Cc1ccsc1NC(=O)CN1CC(C(=O)O)C1. The molecule has 94 valence electrons. The lowest BCUT2D eigenvalue weighted by atomic mass is 10.0. The predicted octanol–water partition coefficient (Wildman–Crippen LogP) is 0.575. The van der Waals surface area contributed by atoms with Crippen LogP contribution in [0, 0.1) is 17.2 Å². The molecule has 1 amide bonds. The minimum atomic E-state index is -0.823. The van der Waals surface area contributed by atoms with Crippen molar-refractivity contribution in [2.45, 2.75) is 0 Å². The Kier molecular flexibility index (Phi) is 3.60. The van der Waals surface area contributed by atoms with Gasteiger partial charge in [-0.3, -0.25) is 14.5 Å². The van der Waals surface area contributed by atoms with E-state index in [0.717, 1.165) is 0 Å². The zero-order chi connectivity index (χ0) is 13.1. The number of nitrogens with zero attached hydrogens (tertiary/aromatic N) is 2. The zero-order valence-electron chi connectivity index (χ0n) is 9.42. The number of anilines is 1. The minimum absolute atomic E-state index is 0.159. The van der Waals surface area contributed by atoms with Crippen molar-refractivity contribution in [1.82, 2.24) is 4.90 Å². The quantitative estimate of drug-likeness (QED) is 0.830. The summed E-state index contributed by atoms with van der Waals surface area (Å²) in [5, 5.41) is 22.4. The van der Waals surface area contributed by atoms with E-state index < -0.39 is 5.97 Å². The summed E-state index contributed by atoms with van der Waals surface area (Å²) in [7, 11) is 0. The molecule has 1 aromatic rings. The minimum Gasteiger partial charge on any atom is -0.481 e. The van der Waals surface area contributed by atoms with Crippen molar-refractivity contribution in [2.75, 3.05) is 25.0 Å². The number of carboxylic acid groups (broad SMARTS) is 1. The number of carboxylic acids is 1. The summed E-state index contributed by atoms with van der Waals surface area (Å²) < 4.78 is 0. The van der Waals surface area contributed by atoms with E-state index in [1.54, 1.807) is 16.3 Å². The molecular weight excluding hydrogens is 254 g/mol. The Hall–Kier alpha value is -1.91. The number of rotatable bonds is 4. The number of likely N-dealkylation sites (tertiary alicyclic amines) is 1. The van der Waals surface area contributed by atoms with Crippen LogP contribution in [0.4, 0.5) is 5.00 Å². The highest BCUT2D eigenvalue weighted by Crippen LogP contribution is 2.22. The number of aliphatic carboxylic acids is 1. The molecule has 1 fully saturated rings. The van der Waals surface area contributed by atoms with E-state index in [2.05, 4.69) is 5.32 Å². The third-order valence-corrected chi connectivity index (χ3v) is 3.54. The lowest BCUT2D eigenvalue weighted by molar-refractivity contribution is -0.148. The third-order valence-electron chi connectivity index (χ3n) is 2.71. The van der Waals surface area contributed by atoms with Crippen LogP contribution in [0.1, 0.15) is 5.56 Å². The van der Waals surface area contributed by atoms with Crippen molar-refractivity contribution in [3.63, 3.8) is 0 Å². The summed E-state index contributed by atoms with van der Waals surface area (Å²) >= 11 is 1.29. The highest BCUT2D eigenvalue weighted by atomic mass is 32.1. The number of thiophene rings is 1. The molecule has 2 heterocycles. The summed E-state index contributed by atoms with van der Waals surface area (Å²) in [6, 6.07) is 3.63. The Balaban J connectivity index is 1.81. The lowest BCUT2D eigenvalue weighted by Gasteiger charge is -2.35. The molecule has 0 aromatic carbocycles. The van der Waals surface area contributed by atoms with Crippen molar-refractivity contribution in [3.8, 4) is 6.07 Å². The molecule has 7 heteroatoms. The van der Waals surface area contributed by atoms with Crippen LogP contribution in [0.15, 0.2) is 11.4 Å². The topological polar surface area (TPSA) is 93.4 Å². The van der Waals surface area contributed by atoms with Gasteiger partial charge in [-0.1, -0.05) is 0 Å². The molecule has 0 saturated carbocycles. The Morgan fingerprint density at radius 1 is 1.61 bits per heavy atom. The molecule has 0 bridgehead atoms. The van der Waals surface area contributed by atoms with Crippen molar-refractivity contribution in [1.29, 1.82) is 5.26 Å². The molecule has 0 atom stereocenters. The molecule has 0 spiro atoms. The van der Waals surface area contributed by atoms with E-state index in [9.17, 15) is 9.59 Å². The molecule has 0 aliphatic carbocycles. The second-order valence-electron chi connectivity index (χ2n) is 4.05. The van der Waals surface area contributed by atoms with Crippen molar-refractivity contribution in [3.05, 3.63) is 17.0 Å². The van der Waals surface area contributed by atoms with Gasteiger partial charge in [0.1, 0.15) is 11.1 Å². The first-order valence-corrected chi connectivity index (χ1v) is 6.20. The van der Waals surface area contributed by atoms with E-state index >= 15 is 0 Å². The molecule has 1 aliphatic rings. The van der Waals surface area contributed by atoms with Gasteiger partial charge < -0.3 is 10.4 Å². The molecule has 18 heavy (non-hydrogen) atoms. The number of amides is 1. The van der Waals surface area contributed by atoms with Crippen LogP contribution < -0.4 is 5.32 Å². The van der Waals surface area contributed by atoms with Gasteiger partial charge in [-0.05, 0) is 11.4 Å². The standard InChI is InChI=1S/C11H11N3O3S/c12-3-7-1-2-18-10(7)13-9(15)6-14-4-8(5-14)11(16)17/h1-2,8H,4-6H2,(H,13,15)(H,16,17). The molecule has 1 aromatic heterocycles. The number of carbonyl (C=O) groups is 2. The van der Waals surface area contributed by atoms with Crippen LogP contribution in [-0.4, -0.2) is 41.5 Å². The van der Waals surface area contributed by atoms with Gasteiger partial charge >= 0.3 is 5.97 Å². The molecule has 0 unspecified atom stereocenters. The Bertz CT molecular complexity index is 514. The second kappa shape index (κ2) is 5.16. The lowest BCUT2D eigenvalue weighted by Crippen LogP contribution is -2.52. The molecule has 1 saturated heterocycles. The van der Waals surface area contributed by atoms with Crippen LogP contribution in [0.3, 0.4) is 0 Å². The van der Waals surface area contributed by atoms with Gasteiger partial charge in [0.15, 0.2) is 0 Å². The fourth-order valence-corrected chi connectivity index (χ4v) is 2.47. The van der Waals surface area contributed by atoms with Gasteiger partial charge in [-0.15, -0.1) is 11.3 Å². The number of nitriles is 1. The number of nitrogens with one attached hydrogen (secondary N) is 1. The molecule has 1 aliphatic heterocycles. The highest BCUT2D eigenvalue weighted by Gasteiger charge is 2.33. The van der Waals surface area contributed by atoms with Crippen molar-refractivity contribution < 1.29 is 14.7 Å². The average molecular weight is 265 g/mol. The van der Waals surface area contributed by atoms with Gasteiger partial charge in [0, 0.05) is 13.1 Å². The molecule has 2 rings (SSSR count). The summed E-state index contributed by atoms with van der Waals surface area (Å²) in [6.07, 6.45) is 0. The fourth-order valence-electron chi connectivity index (χ4n) is 1.72. The second-order valence-corrected chi connectivity index (χ2v) is 4.97. The van der Waals surface area contributed by atoms with Crippen LogP contribution in [0.2, 0.25) is 0 Å². The molecule has 0 radical (unpaired) electrons. The van der Waals surface area contributed by atoms with Crippen LogP contribution >= 0.6 is 11.3 Å². The molecule has 6 nitrogen and oxygen atoms in total. The first-order chi connectivity index (χ1) is 8.60. The predicted molar refractivity (Wildman–Crippen MR) is 65.2 cm³/mol. The van der Waals surface area contributed by atoms with E-state index in [1.807, 2.05) is 6.07 Å². The largest absolute Gasteiger partial charge is 0.481 e. The number of hydrogen-bond acceptors (Lipinski definition) is 5. The van der Waals surface area contributed by atoms with E-state index in [1.165, 1.54) is 11.3 Å². The number of carbonyl (C=O) groups excluding carboxylic acids is 1. The normalized spacial score (nSPS) is 15.7. The van der Waals surface area contributed by atoms with E-state index in [0.29, 0.717) is 23.7 Å². The maximum Gasteiger partial charge on any atom is 0.309 e. The van der Waals surface area contributed by atoms with Crippen molar-refractivity contribution >= 4 is 28.2 Å². The van der Waals surface area contributed by atoms with Gasteiger partial charge in [-0.2, -0.15) is 5.26 Å². The average Bonchev–Trinajstić information content (AvgIpc) is 2.69. The molecular formula is C11H11N3O3S. The smallest absolute Gasteiger partial charge is 0.309 e. The summed E-state index contributed by atoms with van der Waals surface area (Å²) in [5.41, 5.74) is 0.445. The first kappa shape index (κ1) is 12.5. The van der Waals surface area contributed by atoms with Gasteiger partial charge in [0.2, 0.25) is 5.91 Å². The Labute approximate surface area is 107 Å². The van der Waals surface area contributed by atoms with E-state index in [-0.39, 0.29) is 18.4 Å². The third kappa shape index (κ3) is 2.67. The van der Waals surface area contributed by atoms with E-state index in [4.69, 9.17) is 10.4 Å². The summed E-state index contributed by atoms with van der Waals surface area (Å²) in [4.78, 5) is 24.0. The van der Waals surface area contributed by atoms with Crippen LogP contribution in [-0.2, 0) is 9.59 Å². The maximum absolute atomic E-state index is 11.7. The van der Waals surface area contributed by atoms with Crippen LogP contribution in [0.5, 0.6) is 0 Å². The van der Waals surface area contributed by atoms with Gasteiger partial charge in [0.25, 0.3) is 0 Å². The maximum atomic E-state index is 11.7. The monoisotopic (exact) mass is 265 g/mol. The Morgan fingerprint density at radius 3 is 2.94 bits per heavy atom. The highest BCUT2D eigenvalue weighted by molar-refractivity contribution is 7.14. The number of hydrogen-bond donors (Lipinski definition) is 2.